The van der Waals surface area contributed by atoms with E-state index >= 15 is 0 Å². The summed E-state index contributed by atoms with van der Waals surface area (Å²) in [5, 5.41) is 10.1. The van der Waals surface area contributed by atoms with E-state index in [-0.39, 0.29) is 5.75 Å². The van der Waals surface area contributed by atoms with Gasteiger partial charge in [0.15, 0.2) is 0 Å². The maximum absolute atomic E-state index is 11.2. The maximum atomic E-state index is 11.2. The van der Waals surface area contributed by atoms with E-state index in [1.807, 2.05) is 0 Å². The summed E-state index contributed by atoms with van der Waals surface area (Å²) in [4.78, 5) is 0. The zero-order valence-corrected chi connectivity index (χ0v) is 8.65. The van der Waals surface area contributed by atoms with Gasteiger partial charge in [-0.15, -0.1) is 10.2 Å². The van der Waals surface area contributed by atoms with Crippen LogP contribution < -0.4 is 10.0 Å². The molecule has 0 fully saturated rings. The lowest BCUT2D eigenvalue weighted by Crippen LogP contribution is -2.24. The van der Waals surface area contributed by atoms with E-state index in [9.17, 15) is 8.42 Å². The Morgan fingerprint density at radius 1 is 1.62 bits per heavy atom. The van der Waals surface area contributed by atoms with E-state index in [2.05, 4.69) is 20.2 Å². The average molecular weight is 222 g/mol. The molecule has 13 heavy (non-hydrogen) atoms. The van der Waals surface area contributed by atoms with Gasteiger partial charge in [-0.2, -0.15) is 0 Å². The first-order valence-electron chi connectivity index (χ1n) is 3.55. The highest BCUT2D eigenvalue weighted by atomic mass is 32.2. The van der Waals surface area contributed by atoms with Crippen LogP contribution in [0.15, 0.2) is 5.51 Å². The molecule has 1 aromatic rings. The lowest BCUT2D eigenvalue weighted by Gasteiger charge is -2.02. The van der Waals surface area contributed by atoms with Crippen molar-refractivity contribution in [2.45, 2.75) is 0 Å². The Hall–Kier alpha value is -0.730. The first-order chi connectivity index (χ1) is 6.14. The molecule has 1 aromatic heterocycles. The summed E-state index contributed by atoms with van der Waals surface area (Å²) in [7, 11) is -1.58. The van der Waals surface area contributed by atoms with E-state index in [1.165, 1.54) is 5.51 Å². The quantitative estimate of drug-likeness (QED) is 0.701. The van der Waals surface area contributed by atoms with Gasteiger partial charge >= 0.3 is 0 Å². The topological polar surface area (TPSA) is 84.0 Å². The predicted octanol–water partition coefficient (Wildman–Crippen LogP) is -0.501. The number of hydrogen-bond acceptors (Lipinski definition) is 6. The van der Waals surface area contributed by atoms with Crippen LogP contribution in [0.4, 0.5) is 5.13 Å². The van der Waals surface area contributed by atoms with Gasteiger partial charge in [0.2, 0.25) is 15.2 Å². The highest BCUT2D eigenvalue weighted by Crippen LogP contribution is 2.09. The molecular weight excluding hydrogens is 212 g/mol. The van der Waals surface area contributed by atoms with Crippen molar-refractivity contribution in [2.24, 2.45) is 0 Å². The second-order valence-electron chi connectivity index (χ2n) is 2.27. The molecule has 0 unspecified atom stereocenters. The number of anilines is 1. The van der Waals surface area contributed by atoms with Crippen molar-refractivity contribution < 1.29 is 8.42 Å². The van der Waals surface area contributed by atoms with Crippen LogP contribution in [0.2, 0.25) is 0 Å². The maximum Gasteiger partial charge on any atom is 0.235 e. The zero-order chi connectivity index (χ0) is 9.73. The number of sulfonamides is 1. The summed E-state index contributed by atoms with van der Waals surface area (Å²) < 4.78 is 24.8. The SMILES string of the molecule is CNCCS(=O)(=O)Nc1nncs1. The lowest BCUT2D eigenvalue weighted by molar-refractivity contribution is 0.598. The number of nitrogens with one attached hydrogen (secondary N) is 2. The van der Waals surface area contributed by atoms with E-state index < -0.39 is 10.0 Å². The normalized spacial score (nSPS) is 11.5. The van der Waals surface area contributed by atoms with Crippen LogP contribution in [-0.2, 0) is 10.0 Å². The molecule has 0 bridgehead atoms. The number of aromatic nitrogens is 2. The van der Waals surface area contributed by atoms with Gasteiger partial charge in [0, 0.05) is 6.54 Å². The molecule has 0 atom stereocenters. The van der Waals surface area contributed by atoms with Crippen molar-refractivity contribution in [1.29, 1.82) is 0 Å². The van der Waals surface area contributed by atoms with Gasteiger partial charge in [-0.1, -0.05) is 11.3 Å². The zero-order valence-electron chi connectivity index (χ0n) is 7.02. The smallest absolute Gasteiger partial charge is 0.235 e. The molecule has 0 amide bonds. The van der Waals surface area contributed by atoms with Gasteiger partial charge in [-0.25, -0.2) is 8.42 Å². The summed E-state index contributed by atoms with van der Waals surface area (Å²) >= 11 is 1.15. The Labute approximate surface area is 80.4 Å². The van der Waals surface area contributed by atoms with E-state index in [0.717, 1.165) is 11.3 Å². The summed E-state index contributed by atoms with van der Waals surface area (Å²) in [6, 6.07) is 0. The van der Waals surface area contributed by atoms with Crippen LogP contribution in [0.1, 0.15) is 0 Å². The molecule has 1 rings (SSSR count). The molecule has 0 radical (unpaired) electrons. The monoisotopic (exact) mass is 222 g/mol. The van der Waals surface area contributed by atoms with Crippen LogP contribution in [0, 0.1) is 0 Å². The van der Waals surface area contributed by atoms with Crippen molar-refractivity contribution >= 4 is 26.5 Å². The van der Waals surface area contributed by atoms with Gasteiger partial charge in [0.25, 0.3) is 0 Å². The van der Waals surface area contributed by atoms with Gasteiger partial charge in [0.05, 0.1) is 5.75 Å². The van der Waals surface area contributed by atoms with E-state index in [1.54, 1.807) is 7.05 Å². The molecule has 0 saturated heterocycles. The van der Waals surface area contributed by atoms with Crippen LogP contribution >= 0.6 is 11.3 Å². The molecule has 0 aliphatic rings. The minimum Gasteiger partial charge on any atom is -0.319 e. The Kier molecular flexibility index (Phi) is 3.58. The lowest BCUT2D eigenvalue weighted by atomic mass is 10.8. The van der Waals surface area contributed by atoms with Gasteiger partial charge < -0.3 is 5.32 Å². The third-order valence-corrected chi connectivity index (χ3v) is 3.21. The Bertz CT molecular complexity index is 333. The first kappa shape index (κ1) is 10.4. The highest BCUT2D eigenvalue weighted by Gasteiger charge is 2.10. The molecule has 0 aromatic carbocycles. The number of nitrogens with zero attached hydrogens (tertiary/aromatic N) is 2. The molecule has 0 aliphatic heterocycles. The summed E-state index contributed by atoms with van der Waals surface area (Å²) in [6.45, 7) is 0.411. The third kappa shape index (κ3) is 3.66. The predicted molar refractivity (Wildman–Crippen MR) is 51.2 cm³/mol. The van der Waals surface area contributed by atoms with E-state index in [0.29, 0.717) is 11.7 Å². The molecule has 0 saturated carbocycles. The van der Waals surface area contributed by atoms with Crippen molar-refractivity contribution in [2.75, 3.05) is 24.1 Å². The molecule has 74 valence electrons. The molecule has 8 heteroatoms. The largest absolute Gasteiger partial charge is 0.319 e. The molecular formula is C5H10N4O2S2. The summed E-state index contributed by atoms with van der Waals surface area (Å²) in [6.07, 6.45) is 0. The van der Waals surface area contributed by atoms with Crippen molar-refractivity contribution in [3.63, 3.8) is 0 Å². The van der Waals surface area contributed by atoms with Crippen LogP contribution in [0.25, 0.3) is 0 Å². The minimum atomic E-state index is -3.27. The van der Waals surface area contributed by atoms with Gasteiger partial charge in [-0.05, 0) is 7.05 Å². The highest BCUT2D eigenvalue weighted by molar-refractivity contribution is 7.92. The minimum absolute atomic E-state index is 0.0308. The van der Waals surface area contributed by atoms with Crippen molar-refractivity contribution in [1.82, 2.24) is 15.5 Å². The first-order valence-corrected chi connectivity index (χ1v) is 6.08. The Balaban J connectivity index is 2.53. The fraction of sp³-hybridized carbons (Fsp3) is 0.600. The van der Waals surface area contributed by atoms with Crippen LogP contribution in [-0.4, -0.2) is 38.0 Å². The second-order valence-corrected chi connectivity index (χ2v) is 4.94. The van der Waals surface area contributed by atoms with Crippen molar-refractivity contribution in [3.05, 3.63) is 5.51 Å². The third-order valence-electron chi connectivity index (χ3n) is 1.22. The standard InChI is InChI=1S/C5H10N4O2S2/c1-6-2-3-13(10,11)9-5-8-7-4-12-5/h4,6H,2-3H2,1H3,(H,8,9). The summed E-state index contributed by atoms with van der Waals surface area (Å²) in [5.41, 5.74) is 1.47. The molecule has 0 spiro atoms. The molecule has 6 nitrogen and oxygen atoms in total. The Morgan fingerprint density at radius 3 is 2.92 bits per heavy atom. The van der Waals surface area contributed by atoms with Gasteiger partial charge in [-0.3, -0.25) is 4.72 Å². The molecule has 0 aliphatic carbocycles. The summed E-state index contributed by atoms with van der Waals surface area (Å²) in [5.74, 6) is 0.0308. The van der Waals surface area contributed by atoms with Crippen molar-refractivity contribution in [3.8, 4) is 0 Å². The van der Waals surface area contributed by atoms with Gasteiger partial charge in [0.1, 0.15) is 5.51 Å². The second kappa shape index (κ2) is 4.49. The number of hydrogen-bond donors (Lipinski definition) is 2. The fourth-order valence-electron chi connectivity index (χ4n) is 0.638. The number of rotatable bonds is 5. The fourth-order valence-corrected chi connectivity index (χ4v) is 2.38. The Morgan fingerprint density at radius 2 is 2.38 bits per heavy atom. The van der Waals surface area contributed by atoms with Crippen LogP contribution in [0.3, 0.4) is 0 Å². The molecule has 1 heterocycles. The van der Waals surface area contributed by atoms with Crippen LogP contribution in [0.5, 0.6) is 0 Å². The average Bonchev–Trinajstić information content (AvgIpc) is 2.52. The molecule has 2 N–H and O–H groups in total. The van der Waals surface area contributed by atoms with E-state index in [4.69, 9.17) is 0 Å².